The van der Waals surface area contributed by atoms with E-state index in [4.69, 9.17) is 11.6 Å². The largest absolute Gasteiger partial charge is 0.372 e. The van der Waals surface area contributed by atoms with Crippen LogP contribution < -0.4 is 9.80 Å². The number of anilines is 2. The van der Waals surface area contributed by atoms with Crippen molar-refractivity contribution in [1.82, 2.24) is 0 Å². The maximum Gasteiger partial charge on any atom is 0.272 e. The monoisotopic (exact) mass is 428 g/mol. The molecule has 152 valence electrons. The van der Waals surface area contributed by atoms with Crippen LogP contribution in [0.5, 0.6) is 0 Å². The third-order valence-electron chi connectivity index (χ3n) is 4.76. The summed E-state index contributed by atoms with van der Waals surface area (Å²) < 4.78 is 0. The van der Waals surface area contributed by atoms with Gasteiger partial charge in [-0.1, -0.05) is 37.6 Å². The highest BCUT2D eigenvalue weighted by Gasteiger charge is 2.40. The highest BCUT2D eigenvalue weighted by Crippen LogP contribution is 2.40. The molecule has 2 aromatic carbocycles. The van der Waals surface area contributed by atoms with E-state index in [0.717, 1.165) is 18.8 Å². The molecule has 1 aliphatic rings. The molecule has 0 radical (unpaired) electrons. The number of thioether (sulfide) groups is 1. The van der Waals surface area contributed by atoms with Gasteiger partial charge in [0.05, 0.1) is 16.2 Å². The molecule has 0 spiro atoms. The van der Waals surface area contributed by atoms with Crippen LogP contribution in [0.1, 0.15) is 33.3 Å². The number of amides is 2. The Labute approximate surface area is 181 Å². The Bertz CT molecular complexity index is 932. The highest BCUT2D eigenvalue weighted by atomic mass is 35.5. The van der Waals surface area contributed by atoms with Crippen molar-refractivity contribution in [3.8, 4) is 0 Å². The summed E-state index contributed by atoms with van der Waals surface area (Å²) in [5.74, 6) is -0.565. The Morgan fingerprint density at radius 3 is 2.03 bits per heavy atom. The van der Waals surface area contributed by atoms with Gasteiger partial charge < -0.3 is 4.90 Å². The van der Waals surface area contributed by atoms with Gasteiger partial charge >= 0.3 is 0 Å². The molecule has 1 aliphatic heterocycles. The molecule has 0 saturated carbocycles. The van der Waals surface area contributed by atoms with E-state index in [-0.39, 0.29) is 17.1 Å². The zero-order valence-corrected chi connectivity index (χ0v) is 18.7. The maximum absolute atomic E-state index is 13.3. The second-order valence-corrected chi connectivity index (χ2v) is 9.04. The quantitative estimate of drug-likeness (QED) is 0.537. The van der Waals surface area contributed by atoms with Crippen molar-refractivity contribution in [2.24, 2.45) is 0 Å². The Kier molecular flexibility index (Phi) is 6.70. The highest BCUT2D eigenvalue weighted by molar-refractivity contribution is 8.04. The molecule has 6 heteroatoms. The smallest absolute Gasteiger partial charge is 0.272 e. The first-order chi connectivity index (χ1) is 13.9. The van der Waals surface area contributed by atoms with Gasteiger partial charge in [-0.05, 0) is 55.8 Å². The summed E-state index contributed by atoms with van der Waals surface area (Å²) in [5, 5.41) is 0.766. The predicted octanol–water partition coefficient (Wildman–Crippen LogP) is 5.61. The third kappa shape index (κ3) is 4.36. The number of imide groups is 1. The molecule has 0 N–H and O–H groups in total. The van der Waals surface area contributed by atoms with E-state index in [9.17, 15) is 9.59 Å². The van der Waals surface area contributed by atoms with Crippen LogP contribution in [0.4, 0.5) is 11.4 Å². The van der Waals surface area contributed by atoms with Crippen LogP contribution >= 0.6 is 23.4 Å². The number of halogens is 1. The van der Waals surface area contributed by atoms with Crippen LogP contribution in [0.15, 0.2) is 53.4 Å². The lowest BCUT2D eigenvalue weighted by Crippen LogP contribution is -2.31. The average molecular weight is 429 g/mol. The van der Waals surface area contributed by atoms with Gasteiger partial charge in [-0.15, -0.1) is 11.8 Å². The van der Waals surface area contributed by atoms with Crippen molar-refractivity contribution in [3.05, 3.63) is 64.0 Å². The molecule has 0 aromatic heterocycles. The van der Waals surface area contributed by atoms with Gasteiger partial charge in [0.1, 0.15) is 0 Å². The van der Waals surface area contributed by atoms with Gasteiger partial charge in [0.2, 0.25) is 0 Å². The molecule has 4 nitrogen and oxygen atoms in total. The fourth-order valence-corrected chi connectivity index (χ4v) is 4.47. The fourth-order valence-electron chi connectivity index (χ4n) is 3.36. The minimum atomic E-state index is -0.295. The first-order valence-corrected chi connectivity index (χ1v) is 11.0. The molecule has 1 heterocycles. The van der Waals surface area contributed by atoms with E-state index in [2.05, 4.69) is 18.7 Å². The lowest BCUT2D eigenvalue weighted by Gasteiger charge is -2.22. The van der Waals surface area contributed by atoms with Crippen LogP contribution in [0.25, 0.3) is 5.57 Å². The van der Waals surface area contributed by atoms with Gasteiger partial charge in [0.15, 0.2) is 0 Å². The maximum atomic E-state index is 13.3. The summed E-state index contributed by atoms with van der Waals surface area (Å²) in [6.07, 6.45) is 0. The van der Waals surface area contributed by atoms with Gasteiger partial charge in [-0.2, -0.15) is 0 Å². The summed E-state index contributed by atoms with van der Waals surface area (Å²) in [5.41, 5.74) is 2.80. The van der Waals surface area contributed by atoms with Crippen molar-refractivity contribution in [3.63, 3.8) is 0 Å². The number of nitrogens with zero attached hydrogens (tertiary/aromatic N) is 2. The molecule has 2 aromatic rings. The van der Waals surface area contributed by atoms with Crippen LogP contribution in [0, 0.1) is 0 Å². The molecule has 2 amide bonds. The Morgan fingerprint density at radius 2 is 1.52 bits per heavy atom. The van der Waals surface area contributed by atoms with Gasteiger partial charge in [0.25, 0.3) is 11.8 Å². The average Bonchev–Trinajstić information content (AvgIpc) is 2.94. The molecular formula is C23H25ClN2O2S. The van der Waals surface area contributed by atoms with Crippen molar-refractivity contribution < 1.29 is 9.59 Å². The minimum absolute atomic E-state index is 0.175. The van der Waals surface area contributed by atoms with E-state index in [1.165, 1.54) is 16.7 Å². The lowest BCUT2D eigenvalue weighted by molar-refractivity contribution is -0.119. The van der Waals surface area contributed by atoms with Gasteiger partial charge in [-0.3, -0.25) is 9.59 Å². The first-order valence-electron chi connectivity index (χ1n) is 9.78. The molecule has 0 atom stereocenters. The molecule has 0 aliphatic carbocycles. The van der Waals surface area contributed by atoms with E-state index in [1.54, 1.807) is 24.3 Å². The number of benzene rings is 2. The number of carbonyl (C=O) groups is 2. The van der Waals surface area contributed by atoms with E-state index >= 15 is 0 Å². The minimum Gasteiger partial charge on any atom is -0.372 e. The molecule has 0 bridgehead atoms. The number of hydrogen-bond donors (Lipinski definition) is 0. The predicted molar refractivity (Wildman–Crippen MR) is 124 cm³/mol. The number of hydrogen-bond acceptors (Lipinski definition) is 4. The Hall–Kier alpha value is -2.24. The molecule has 29 heavy (non-hydrogen) atoms. The second-order valence-electron chi connectivity index (χ2n) is 7.01. The zero-order valence-electron chi connectivity index (χ0n) is 17.1. The van der Waals surface area contributed by atoms with Crippen molar-refractivity contribution in [1.29, 1.82) is 0 Å². The van der Waals surface area contributed by atoms with Crippen LogP contribution in [0.2, 0.25) is 5.02 Å². The molecule has 3 rings (SSSR count). The molecule has 0 saturated heterocycles. The number of carbonyl (C=O) groups excluding carboxylic acids is 2. The summed E-state index contributed by atoms with van der Waals surface area (Å²) in [6, 6.07) is 14.6. The summed E-state index contributed by atoms with van der Waals surface area (Å²) in [7, 11) is 0. The van der Waals surface area contributed by atoms with Crippen LogP contribution in [-0.4, -0.2) is 30.2 Å². The summed E-state index contributed by atoms with van der Waals surface area (Å²) >= 11 is 7.43. The van der Waals surface area contributed by atoms with Gasteiger partial charge in [0, 0.05) is 29.0 Å². The molecule has 0 fully saturated rings. The van der Waals surface area contributed by atoms with Gasteiger partial charge in [-0.25, -0.2) is 4.90 Å². The zero-order chi connectivity index (χ0) is 21.1. The summed E-state index contributed by atoms with van der Waals surface area (Å²) in [4.78, 5) is 30.5. The molecule has 0 unspecified atom stereocenters. The van der Waals surface area contributed by atoms with Crippen molar-refractivity contribution in [2.75, 3.05) is 22.9 Å². The topological polar surface area (TPSA) is 40.6 Å². The van der Waals surface area contributed by atoms with E-state index < -0.39 is 0 Å². The fraction of sp³-hybridized carbons (Fsp3) is 0.304. The van der Waals surface area contributed by atoms with E-state index in [1.807, 2.05) is 38.1 Å². The van der Waals surface area contributed by atoms with Crippen molar-refractivity contribution >= 4 is 52.1 Å². The van der Waals surface area contributed by atoms with Crippen LogP contribution in [-0.2, 0) is 9.59 Å². The van der Waals surface area contributed by atoms with Crippen LogP contribution in [0.3, 0.4) is 0 Å². The molecular weight excluding hydrogens is 404 g/mol. The number of rotatable bonds is 7. The SMILES string of the molecule is CCN(CC)c1ccc(N2C(=O)C(SC(C)C)=C(c3ccc(Cl)cc3)C2=O)cc1. The van der Waals surface area contributed by atoms with E-state index in [0.29, 0.717) is 26.8 Å². The second kappa shape index (κ2) is 9.06. The third-order valence-corrected chi connectivity index (χ3v) is 6.10. The standard InChI is InChI=1S/C23H25ClN2O2S/c1-5-25(6-2)18-11-13-19(14-12-18)26-22(27)20(16-7-9-17(24)10-8-16)21(23(26)28)29-15(3)4/h7-15H,5-6H2,1-4H3. The lowest BCUT2D eigenvalue weighted by atomic mass is 10.1. The Morgan fingerprint density at radius 1 is 0.931 bits per heavy atom. The first kappa shape index (κ1) is 21.5. The normalized spacial score (nSPS) is 14.3. The summed E-state index contributed by atoms with van der Waals surface area (Å²) in [6.45, 7) is 10.0. The Balaban J connectivity index is 2.00. The van der Waals surface area contributed by atoms with Crippen molar-refractivity contribution in [2.45, 2.75) is 32.9 Å².